The summed E-state index contributed by atoms with van der Waals surface area (Å²) in [5.74, 6) is -3.16. The highest BCUT2D eigenvalue weighted by Gasteiger charge is 2.36. The van der Waals surface area contributed by atoms with Gasteiger partial charge in [-0.15, -0.1) is 0 Å². The Morgan fingerprint density at radius 1 is 0.867 bits per heavy atom. The first-order valence-electron chi connectivity index (χ1n) is 13.7. The second kappa shape index (κ2) is 15.2. The molecule has 11 nitrogen and oxygen atoms in total. The summed E-state index contributed by atoms with van der Waals surface area (Å²) in [5.41, 5.74) is 2.63. The molecule has 0 spiro atoms. The maximum atomic E-state index is 12.9. The van der Waals surface area contributed by atoms with Crippen LogP contribution >= 0.6 is 23.4 Å². The average molecular weight is 650 g/mol. The van der Waals surface area contributed by atoms with E-state index in [0.29, 0.717) is 29.4 Å². The van der Waals surface area contributed by atoms with Crippen molar-refractivity contribution in [2.24, 2.45) is 0 Å². The third-order valence-electron chi connectivity index (χ3n) is 6.20. The van der Waals surface area contributed by atoms with Crippen LogP contribution in [0.1, 0.15) is 45.2 Å². The van der Waals surface area contributed by atoms with Crippen LogP contribution in [0.15, 0.2) is 71.6 Å². The van der Waals surface area contributed by atoms with Crippen molar-refractivity contribution >= 4 is 75.7 Å². The lowest BCUT2D eigenvalue weighted by Gasteiger charge is -2.13. The Labute approximate surface area is 267 Å². The normalized spacial score (nSPS) is 13.5. The number of imide groups is 1. The van der Waals surface area contributed by atoms with Gasteiger partial charge in [-0.25, -0.2) is 9.59 Å². The smallest absolute Gasteiger partial charge is 0.339 e. The lowest BCUT2D eigenvalue weighted by molar-refractivity contribution is -0.127. The first-order valence-corrected chi connectivity index (χ1v) is 14.9. The highest BCUT2D eigenvalue weighted by molar-refractivity contribution is 8.18. The van der Waals surface area contributed by atoms with Crippen LogP contribution in [0.3, 0.4) is 0 Å². The van der Waals surface area contributed by atoms with Crippen LogP contribution in [0.4, 0.5) is 16.2 Å². The number of amides is 4. The molecule has 2 N–H and O–H groups in total. The molecular formula is C32H28ClN3O8S. The Kier molecular flexibility index (Phi) is 11.1. The third-order valence-corrected chi connectivity index (χ3v) is 7.43. The largest absolute Gasteiger partial charge is 0.462 e. The summed E-state index contributed by atoms with van der Waals surface area (Å²) in [6, 6.07) is 17.4. The maximum absolute atomic E-state index is 12.9. The minimum Gasteiger partial charge on any atom is -0.462 e. The fourth-order valence-electron chi connectivity index (χ4n) is 3.93. The van der Waals surface area contributed by atoms with Crippen molar-refractivity contribution in [2.45, 2.75) is 20.3 Å². The van der Waals surface area contributed by atoms with Crippen LogP contribution < -0.4 is 10.6 Å². The number of nitrogens with zero attached hydrogens (tertiary/aromatic N) is 1. The number of nitrogens with one attached hydrogen (secondary N) is 2. The van der Waals surface area contributed by atoms with Crippen LogP contribution in [-0.2, 0) is 23.9 Å². The SMILES string of the molecule is CCCOC(=O)c1cc(NC(=O)CN2C(=O)S/C(=C\c3ccc(C(=O)OCC(=O)Nc4ccc(C)cc4)cc3)C2=O)ccc1Cl. The Morgan fingerprint density at radius 2 is 1.53 bits per heavy atom. The molecule has 3 aromatic rings. The highest BCUT2D eigenvalue weighted by Crippen LogP contribution is 2.32. The first kappa shape index (κ1) is 33.0. The number of anilines is 2. The van der Waals surface area contributed by atoms with Crippen LogP contribution in [0, 0.1) is 6.92 Å². The van der Waals surface area contributed by atoms with Crippen LogP contribution in [-0.4, -0.2) is 59.6 Å². The summed E-state index contributed by atoms with van der Waals surface area (Å²) in [4.78, 5) is 75.7. The van der Waals surface area contributed by atoms with Crippen molar-refractivity contribution in [1.29, 1.82) is 0 Å². The van der Waals surface area contributed by atoms with Crippen molar-refractivity contribution < 1.29 is 38.2 Å². The monoisotopic (exact) mass is 649 g/mol. The van der Waals surface area contributed by atoms with E-state index in [1.165, 1.54) is 36.4 Å². The van der Waals surface area contributed by atoms with E-state index in [1.807, 2.05) is 26.0 Å². The first-order chi connectivity index (χ1) is 21.5. The fourth-order valence-corrected chi connectivity index (χ4v) is 4.96. The van der Waals surface area contributed by atoms with Gasteiger partial charge in [0.1, 0.15) is 6.54 Å². The quantitative estimate of drug-likeness (QED) is 0.197. The molecule has 0 unspecified atom stereocenters. The Morgan fingerprint density at radius 3 is 2.22 bits per heavy atom. The van der Waals surface area contributed by atoms with Gasteiger partial charge in [-0.2, -0.15) is 0 Å². The Bertz CT molecular complexity index is 1670. The molecule has 0 atom stereocenters. The summed E-state index contributed by atoms with van der Waals surface area (Å²) < 4.78 is 10.2. The molecule has 1 fully saturated rings. The minimum atomic E-state index is -0.711. The molecule has 0 aliphatic carbocycles. The van der Waals surface area contributed by atoms with E-state index in [4.69, 9.17) is 21.1 Å². The topological polar surface area (TPSA) is 148 Å². The minimum absolute atomic E-state index is 0.0694. The molecule has 0 radical (unpaired) electrons. The van der Waals surface area contributed by atoms with Gasteiger partial charge in [0.25, 0.3) is 17.1 Å². The van der Waals surface area contributed by atoms with E-state index in [9.17, 15) is 28.8 Å². The van der Waals surface area contributed by atoms with Gasteiger partial charge in [0.15, 0.2) is 6.61 Å². The van der Waals surface area contributed by atoms with E-state index in [0.717, 1.165) is 10.5 Å². The second-order valence-electron chi connectivity index (χ2n) is 9.76. The van der Waals surface area contributed by atoms with E-state index >= 15 is 0 Å². The summed E-state index contributed by atoms with van der Waals surface area (Å²) in [7, 11) is 0. The molecule has 232 valence electrons. The molecule has 1 heterocycles. The van der Waals surface area contributed by atoms with Gasteiger partial charge >= 0.3 is 11.9 Å². The summed E-state index contributed by atoms with van der Waals surface area (Å²) in [6.45, 7) is 2.96. The number of carbonyl (C=O) groups excluding carboxylic acids is 6. The van der Waals surface area contributed by atoms with Gasteiger partial charge in [-0.1, -0.05) is 48.4 Å². The van der Waals surface area contributed by atoms with Crippen molar-refractivity contribution in [2.75, 3.05) is 30.4 Å². The molecule has 4 amide bonds. The maximum Gasteiger partial charge on any atom is 0.339 e. The molecule has 3 aromatic carbocycles. The zero-order valence-corrected chi connectivity index (χ0v) is 25.8. The molecule has 45 heavy (non-hydrogen) atoms. The van der Waals surface area contributed by atoms with Crippen molar-refractivity contribution in [3.63, 3.8) is 0 Å². The lowest BCUT2D eigenvalue weighted by atomic mass is 10.1. The molecular weight excluding hydrogens is 622 g/mol. The van der Waals surface area contributed by atoms with Gasteiger partial charge < -0.3 is 20.1 Å². The molecule has 4 rings (SSSR count). The number of hydrogen-bond donors (Lipinski definition) is 2. The number of aryl methyl sites for hydroxylation is 1. The molecule has 0 saturated carbocycles. The predicted molar refractivity (Wildman–Crippen MR) is 170 cm³/mol. The number of carbonyl (C=O) groups is 6. The van der Waals surface area contributed by atoms with Gasteiger partial charge in [-0.05, 0) is 79.2 Å². The zero-order valence-electron chi connectivity index (χ0n) is 24.3. The fraction of sp³-hybridized carbons (Fsp3) is 0.188. The highest BCUT2D eigenvalue weighted by atomic mass is 35.5. The van der Waals surface area contributed by atoms with Gasteiger partial charge in [0, 0.05) is 11.4 Å². The van der Waals surface area contributed by atoms with Crippen LogP contribution in [0.5, 0.6) is 0 Å². The Balaban J connectivity index is 1.31. The van der Waals surface area contributed by atoms with E-state index in [-0.39, 0.29) is 33.3 Å². The number of halogens is 1. The molecule has 1 aliphatic rings. The Hall–Kier alpha value is -4.94. The van der Waals surface area contributed by atoms with E-state index < -0.39 is 48.1 Å². The number of esters is 2. The molecule has 13 heteroatoms. The molecule has 0 aromatic heterocycles. The van der Waals surface area contributed by atoms with Gasteiger partial charge in [-0.3, -0.25) is 24.1 Å². The number of rotatable bonds is 11. The van der Waals surface area contributed by atoms with E-state index in [1.54, 1.807) is 24.3 Å². The zero-order chi connectivity index (χ0) is 32.5. The van der Waals surface area contributed by atoms with Crippen molar-refractivity contribution in [3.05, 3.63) is 98.9 Å². The van der Waals surface area contributed by atoms with Crippen molar-refractivity contribution in [3.8, 4) is 0 Å². The third kappa shape index (κ3) is 9.03. The van der Waals surface area contributed by atoms with Gasteiger partial charge in [0.2, 0.25) is 5.91 Å². The lowest BCUT2D eigenvalue weighted by Crippen LogP contribution is -2.36. The predicted octanol–water partition coefficient (Wildman–Crippen LogP) is 5.69. The summed E-state index contributed by atoms with van der Waals surface area (Å²) >= 11 is 6.75. The number of ether oxygens (including phenoxy) is 2. The molecule has 1 saturated heterocycles. The number of thioether (sulfide) groups is 1. The van der Waals surface area contributed by atoms with E-state index in [2.05, 4.69) is 10.6 Å². The number of hydrogen-bond acceptors (Lipinski definition) is 9. The molecule has 1 aliphatic heterocycles. The second-order valence-corrected chi connectivity index (χ2v) is 11.2. The summed E-state index contributed by atoms with van der Waals surface area (Å²) in [5, 5.41) is 4.71. The summed E-state index contributed by atoms with van der Waals surface area (Å²) in [6.07, 6.45) is 2.09. The molecule has 0 bridgehead atoms. The van der Waals surface area contributed by atoms with Crippen LogP contribution in [0.25, 0.3) is 6.08 Å². The van der Waals surface area contributed by atoms with Crippen LogP contribution in [0.2, 0.25) is 5.02 Å². The standard InChI is InChI=1S/C32H28ClN3O8S/c1-3-14-43-31(41)24-16-23(12-13-25(24)33)35-27(37)17-36-29(39)26(45-32(36)42)15-20-6-8-21(9-7-20)30(40)44-18-28(38)34-22-10-4-19(2)5-11-22/h4-13,15-16H,3,14,17-18H2,1-2H3,(H,34,38)(H,35,37)/b26-15-. The van der Waals surface area contributed by atoms with Crippen molar-refractivity contribution in [1.82, 2.24) is 4.90 Å². The number of benzene rings is 3. The van der Waals surface area contributed by atoms with Gasteiger partial charge in [0.05, 0.1) is 27.7 Å². The average Bonchev–Trinajstić information content (AvgIpc) is 3.28.